The second-order valence-electron chi connectivity index (χ2n) is 6.41. The lowest BCUT2D eigenvalue weighted by atomic mass is 9.79. The minimum atomic E-state index is -0.330. The van der Waals surface area contributed by atoms with E-state index in [1.165, 1.54) is 12.7 Å². The number of nitrogens with zero attached hydrogens (tertiary/aromatic N) is 1. The van der Waals surface area contributed by atoms with Gasteiger partial charge in [0.05, 0.1) is 14.2 Å². The van der Waals surface area contributed by atoms with Crippen molar-refractivity contribution in [3.05, 3.63) is 23.8 Å². The van der Waals surface area contributed by atoms with Gasteiger partial charge < -0.3 is 14.4 Å². The van der Waals surface area contributed by atoms with Crippen molar-refractivity contribution in [2.75, 3.05) is 19.1 Å². The van der Waals surface area contributed by atoms with Gasteiger partial charge in [0.25, 0.3) is 0 Å². The fourth-order valence-electron chi connectivity index (χ4n) is 3.57. The standard InChI is InChI=1S/C17H25NO3/c1-11-10-17(3,4)18(12(2)16(19)21-6)15-9-13(20-5)7-8-14(11)15/h7-9,11-12H,10H2,1-6H3/t11-,12+/m1/s1. The third-order valence-electron chi connectivity index (χ3n) is 4.42. The number of anilines is 1. The molecule has 0 fully saturated rings. The zero-order chi connectivity index (χ0) is 15.8. The lowest BCUT2D eigenvalue weighted by molar-refractivity contribution is -0.142. The van der Waals surface area contributed by atoms with E-state index in [0.717, 1.165) is 17.9 Å². The Hall–Kier alpha value is -1.71. The fraction of sp³-hybridized carbons (Fsp3) is 0.588. The lowest BCUT2D eigenvalue weighted by Crippen LogP contribution is -2.55. The molecule has 0 N–H and O–H groups in total. The first kappa shape index (κ1) is 15.7. The van der Waals surface area contributed by atoms with E-state index in [9.17, 15) is 4.79 Å². The molecule has 1 heterocycles. The van der Waals surface area contributed by atoms with Gasteiger partial charge in [0.2, 0.25) is 0 Å². The molecule has 0 bridgehead atoms. The summed E-state index contributed by atoms with van der Waals surface area (Å²) in [6.07, 6.45) is 0.994. The van der Waals surface area contributed by atoms with Gasteiger partial charge in [-0.05, 0) is 44.7 Å². The van der Waals surface area contributed by atoms with Crippen molar-refractivity contribution in [3.8, 4) is 5.75 Å². The van der Waals surface area contributed by atoms with Crippen molar-refractivity contribution < 1.29 is 14.3 Å². The molecule has 1 aliphatic rings. The first-order valence-corrected chi connectivity index (χ1v) is 7.37. The van der Waals surface area contributed by atoms with Crippen LogP contribution in [0.5, 0.6) is 5.75 Å². The van der Waals surface area contributed by atoms with Gasteiger partial charge in [0, 0.05) is 17.3 Å². The molecule has 1 aliphatic heterocycles. The molecule has 2 atom stereocenters. The average molecular weight is 291 g/mol. The topological polar surface area (TPSA) is 38.8 Å². The number of rotatable bonds is 3. The maximum Gasteiger partial charge on any atom is 0.328 e. The molecule has 4 nitrogen and oxygen atoms in total. The van der Waals surface area contributed by atoms with Crippen LogP contribution in [0.4, 0.5) is 5.69 Å². The Balaban J connectivity index is 2.56. The number of methoxy groups -OCH3 is 2. The average Bonchev–Trinajstić information content (AvgIpc) is 2.44. The predicted molar refractivity (Wildman–Crippen MR) is 84.1 cm³/mol. The Morgan fingerprint density at radius 3 is 2.62 bits per heavy atom. The van der Waals surface area contributed by atoms with E-state index in [1.807, 2.05) is 19.1 Å². The van der Waals surface area contributed by atoms with Crippen LogP contribution in [0.2, 0.25) is 0 Å². The van der Waals surface area contributed by atoms with Crippen molar-refractivity contribution in [3.63, 3.8) is 0 Å². The van der Waals surface area contributed by atoms with Gasteiger partial charge in [0.1, 0.15) is 11.8 Å². The second kappa shape index (κ2) is 5.58. The molecule has 116 valence electrons. The van der Waals surface area contributed by atoms with Gasteiger partial charge in [-0.2, -0.15) is 0 Å². The summed E-state index contributed by atoms with van der Waals surface area (Å²) in [5.41, 5.74) is 2.20. The molecule has 0 saturated heterocycles. The quantitative estimate of drug-likeness (QED) is 0.801. The fourth-order valence-corrected chi connectivity index (χ4v) is 3.57. The van der Waals surface area contributed by atoms with Crippen LogP contribution in [0.25, 0.3) is 0 Å². The first-order valence-electron chi connectivity index (χ1n) is 7.37. The minimum absolute atomic E-state index is 0.119. The van der Waals surface area contributed by atoms with Gasteiger partial charge in [0.15, 0.2) is 0 Å². The largest absolute Gasteiger partial charge is 0.497 e. The molecule has 1 aromatic rings. The van der Waals surface area contributed by atoms with Crippen LogP contribution >= 0.6 is 0 Å². The van der Waals surface area contributed by atoms with Crippen molar-refractivity contribution >= 4 is 11.7 Å². The molecule has 0 saturated carbocycles. The highest BCUT2D eigenvalue weighted by atomic mass is 16.5. The number of hydrogen-bond acceptors (Lipinski definition) is 4. The van der Waals surface area contributed by atoms with Crippen LogP contribution < -0.4 is 9.64 Å². The van der Waals surface area contributed by atoms with E-state index < -0.39 is 0 Å². The highest BCUT2D eigenvalue weighted by Gasteiger charge is 2.41. The number of carbonyl (C=O) groups excluding carboxylic acids is 1. The second-order valence-corrected chi connectivity index (χ2v) is 6.41. The summed E-state index contributed by atoms with van der Waals surface area (Å²) >= 11 is 0. The summed E-state index contributed by atoms with van der Waals surface area (Å²) < 4.78 is 10.3. The molecule has 0 spiro atoms. The molecule has 0 aromatic heterocycles. The molecule has 1 aromatic carbocycles. The normalized spacial score (nSPS) is 21.4. The molecule has 4 heteroatoms. The number of hydrogen-bond donors (Lipinski definition) is 0. The van der Waals surface area contributed by atoms with E-state index in [-0.39, 0.29) is 17.6 Å². The van der Waals surface area contributed by atoms with E-state index in [0.29, 0.717) is 5.92 Å². The van der Waals surface area contributed by atoms with E-state index in [2.05, 4.69) is 31.7 Å². The molecule has 0 aliphatic carbocycles. The molecule has 0 radical (unpaired) electrons. The molecule has 21 heavy (non-hydrogen) atoms. The first-order chi connectivity index (χ1) is 9.81. The van der Waals surface area contributed by atoms with E-state index >= 15 is 0 Å². The maximum atomic E-state index is 12.0. The highest BCUT2D eigenvalue weighted by molar-refractivity contribution is 5.81. The Bertz CT molecular complexity index is 539. The van der Waals surface area contributed by atoms with Gasteiger partial charge in [-0.25, -0.2) is 4.79 Å². The van der Waals surface area contributed by atoms with Crippen LogP contribution in [0.3, 0.4) is 0 Å². The Labute approximate surface area is 127 Å². The zero-order valence-corrected chi connectivity index (χ0v) is 13.8. The van der Waals surface area contributed by atoms with Crippen molar-refractivity contribution in [2.24, 2.45) is 0 Å². The molecule has 2 rings (SSSR count). The van der Waals surface area contributed by atoms with Crippen LogP contribution in [0, 0.1) is 0 Å². The van der Waals surface area contributed by atoms with E-state index in [4.69, 9.17) is 9.47 Å². The van der Waals surface area contributed by atoms with Crippen LogP contribution in [0.15, 0.2) is 18.2 Å². The smallest absolute Gasteiger partial charge is 0.328 e. The summed E-state index contributed by atoms with van der Waals surface area (Å²) in [6.45, 7) is 8.47. The number of esters is 1. The molecule has 0 amide bonds. The van der Waals surface area contributed by atoms with Gasteiger partial charge in [-0.15, -0.1) is 0 Å². The maximum absolute atomic E-state index is 12.0. The number of fused-ring (bicyclic) bond motifs is 1. The summed E-state index contributed by atoms with van der Waals surface area (Å²) in [5.74, 6) is 1.04. The molecular weight excluding hydrogens is 266 g/mol. The van der Waals surface area contributed by atoms with Crippen LogP contribution in [-0.2, 0) is 9.53 Å². The zero-order valence-electron chi connectivity index (χ0n) is 13.8. The number of ether oxygens (including phenoxy) is 2. The van der Waals surface area contributed by atoms with Crippen molar-refractivity contribution in [2.45, 2.75) is 51.6 Å². The summed E-state index contributed by atoms with van der Waals surface area (Å²) in [4.78, 5) is 14.2. The Morgan fingerprint density at radius 1 is 1.38 bits per heavy atom. The SMILES string of the molecule is COC(=O)[C@H](C)N1c2cc(OC)ccc2[C@H](C)CC1(C)C. The van der Waals surface area contributed by atoms with Crippen molar-refractivity contribution in [1.82, 2.24) is 0 Å². The van der Waals surface area contributed by atoms with Crippen LogP contribution in [-0.4, -0.2) is 31.8 Å². The Morgan fingerprint density at radius 2 is 2.05 bits per heavy atom. The summed E-state index contributed by atoms with van der Waals surface area (Å²) in [5, 5.41) is 0. The third kappa shape index (κ3) is 2.71. The Kier molecular flexibility index (Phi) is 4.17. The summed E-state index contributed by atoms with van der Waals surface area (Å²) in [7, 11) is 3.10. The summed E-state index contributed by atoms with van der Waals surface area (Å²) in [6, 6.07) is 5.77. The monoisotopic (exact) mass is 291 g/mol. The van der Waals surface area contributed by atoms with Gasteiger partial charge >= 0.3 is 5.97 Å². The highest BCUT2D eigenvalue weighted by Crippen LogP contribution is 2.45. The lowest BCUT2D eigenvalue weighted by Gasteiger charge is -2.49. The van der Waals surface area contributed by atoms with E-state index in [1.54, 1.807) is 7.11 Å². The minimum Gasteiger partial charge on any atom is -0.497 e. The molecule has 0 unspecified atom stereocenters. The third-order valence-corrected chi connectivity index (χ3v) is 4.42. The van der Waals surface area contributed by atoms with Crippen LogP contribution in [0.1, 0.15) is 45.6 Å². The van der Waals surface area contributed by atoms with Gasteiger partial charge in [-0.3, -0.25) is 0 Å². The van der Waals surface area contributed by atoms with Crippen molar-refractivity contribution in [1.29, 1.82) is 0 Å². The number of benzene rings is 1. The molecular formula is C17H25NO3. The number of carbonyl (C=O) groups is 1. The predicted octanol–water partition coefficient (Wildman–Crippen LogP) is 3.35. The van der Waals surface area contributed by atoms with Gasteiger partial charge in [-0.1, -0.05) is 13.0 Å².